The average molecular weight is 337 g/mol. The minimum atomic E-state index is -0.853. The summed E-state index contributed by atoms with van der Waals surface area (Å²) in [5, 5.41) is 0.529. The highest BCUT2D eigenvalue weighted by molar-refractivity contribution is 6.33. The maximum Gasteiger partial charge on any atom is 0.159 e. The van der Waals surface area contributed by atoms with Crippen LogP contribution in [-0.2, 0) is 6.42 Å². The smallest absolute Gasteiger partial charge is 0.159 e. The Morgan fingerprint density at radius 1 is 1.17 bits per heavy atom. The molecule has 0 N–H and O–H groups in total. The molecule has 2 nitrogen and oxygen atoms in total. The van der Waals surface area contributed by atoms with Gasteiger partial charge in [0.2, 0.25) is 0 Å². The van der Waals surface area contributed by atoms with Crippen molar-refractivity contribution in [2.45, 2.75) is 20.3 Å². The minimum Gasteiger partial charge on any atom is -0.366 e. The van der Waals surface area contributed by atoms with Crippen LogP contribution < -0.4 is 0 Å². The third kappa shape index (κ3) is 4.52. The highest BCUT2D eigenvalue weighted by atomic mass is 35.5. The number of halogens is 3. The van der Waals surface area contributed by atoms with Gasteiger partial charge in [0, 0.05) is 13.6 Å². The van der Waals surface area contributed by atoms with E-state index in [1.54, 1.807) is 12.4 Å². The molecule has 0 bridgehead atoms. The van der Waals surface area contributed by atoms with E-state index >= 15 is 0 Å². The molecule has 0 radical (unpaired) electrons. The van der Waals surface area contributed by atoms with Gasteiger partial charge in [0.05, 0.1) is 17.0 Å². The van der Waals surface area contributed by atoms with E-state index in [4.69, 9.17) is 11.6 Å². The van der Waals surface area contributed by atoms with E-state index in [-0.39, 0.29) is 0 Å². The zero-order valence-corrected chi connectivity index (χ0v) is 14.2. The molecule has 0 amide bonds. The molecule has 2 aromatic rings. The first kappa shape index (κ1) is 17.4. The second-order valence-corrected chi connectivity index (χ2v) is 5.88. The number of rotatable bonds is 5. The van der Waals surface area contributed by atoms with E-state index in [0.29, 0.717) is 22.7 Å². The normalized spacial score (nSPS) is 11.2. The first-order valence-corrected chi connectivity index (χ1v) is 7.76. The predicted molar refractivity (Wildman–Crippen MR) is 91.8 cm³/mol. The van der Waals surface area contributed by atoms with Crippen LogP contribution >= 0.6 is 11.6 Å². The van der Waals surface area contributed by atoms with Gasteiger partial charge in [0.15, 0.2) is 11.6 Å². The summed E-state index contributed by atoms with van der Waals surface area (Å²) in [5.74, 6) is -1.70. The molecule has 2 aromatic carbocycles. The van der Waals surface area contributed by atoms with Crippen LogP contribution in [0.25, 0.3) is 0 Å². The average Bonchev–Trinajstić information content (AvgIpc) is 2.52. The van der Waals surface area contributed by atoms with Crippen LogP contribution in [0, 0.1) is 18.6 Å². The van der Waals surface area contributed by atoms with Crippen LogP contribution in [0.3, 0.4) is 0 Å². The summed E-state index contributed by atoms with van der Waals surface area (Å²) in [6.45, 7) is 4.82. The lowest BCUT2D eigenvalue weighted by atomic mass is 10.0. The standard InChI is InChI=1S/C18H19ClF2N2/c1-4-23(3)11-22-17-8-12(2)7-14(18(17)19)9-13-5-6-15(20)16(21)10-13/h5-8,10-11H,4,9H2,1-3H3. The Morgan fingerprint density at radius 3 is 2.57 bits per heavy atom. The molecular formula is C18H19ClF2N2. The van der Waals surface area contributed by atoms with Crippen molar-refractivity contribution in [2.75, 3.05) is 13.6 Å². The summed E-state index contributed by atoms with van der Waals surface area (Å²) in [7, 11) is 1.93. The molecule has 0 aliphatic heterocycles. The number of aliphatic imine (C=N–C) groups is 1. The quantitative estimate of drug-likeness (QED) is 0.546. The summed E-state index contributed by atoms with van der Waals surface area (Å²) in [5.41, 5.74) is 3.18. The molecule has 0 aliphatic rings. The third-order valence-electron chi connectivity index (χ3n) is 3.54. The molecule has 0 unspecified atom stereocenters. The summed E-state index contributed by atoms with van der Waals surface area (Å²) in [6.07, 6.45) is 2.14. The van der Waals surface area contributed by atoms with Crippen LogP contribution in [-0.4, -0.2) is 24.8 Å². The highest BCUT2D eigenvalue weighted by Crippen LogP contribution is 2.31. The largest absolute Gasteiger partial charge is 0.366 e. The molecule has 0 saturated heterocycles. The molecule has 0 saturated carbocycles. The van der Waals surface area contributed by atoms with Crippen molar-refractivity contribution in [3.05, 3.63) is 63.7 Å². The van der Waals surface area contributed by atoms with Gasteiger partial charge < -0.3 is 4.90 Å². The van der Waals surface area contributed by atoms with Gasteiger partial charge in [-0.25, -0.2) is 13.8 Å². The Bertz CT molecular complexity index is 729. The molecular weight excluding hydrogens is 318 g/mol. The van der Waals surface area contributed by atoms with E-state index in [0.717, 1.165) is 23.7 Å². The Morgan fingerprint density at radius 2 is 1.91 bits per heavy atom. The van der Waals surface area contributed by atoms with E-state index < -0.39 is 11.6 Å². The van der Waals surface area contributed by atoms with Crippen LogP contribution in [0.15, 0.2) is 35.3 Å². The highest BCUT2D eigenvalue weighted by Gasteiger charge is 2.10. The minimum absolute atomic E-state index is 0.420. The monoisotopic (exact) mass is 336 g/mol. The molecule has 23 heavy (non-hydrogen) atoms. The van der Waals surface area contributed by atoms with Gasteiger partial charge in [0.25, 0.3) is 0 Å². The van der Waals surface area contributed by atoms with E-state index in [1.807, 2.05) is 37.9 Å². The van der Waals surface area contributed by atoms with Crippen LogP contribution in [0.1, 0.15) is 23.6 Å². The van der Waals surface area contributed by atoms with Crippen molar-refractivity contribution in [2.24, 2.45) is 4.99 Å². The zero-order valence-electron chi connectivity index (χ0n) is 13.4. The Labute approximate surface area is 140 Å². The second-order valence-electron chi connectivity index (χ2n) is 5.50. The van der Waals surface area contributed by atoms with Crippen molar-refractivity contribution in [1.29, 1.82) is 0 Å². The fourth-order valence-electron chi connectivity index (χ4n) is 2.16. The van der Waals surface area contributed by atoms with Gasteiger partial charge in [-0.2, -0.15) is 0 Å². The summed E-state index contributed by atoms with van der Waals surface area (Å²) < 4.78 is 26.4. The Balaban J connectivity index is 2.33. The lowest BCUT2D eigenvalue weighted by molar-refractivity contribution is 0.507. The lowest BCUT2D eigenvalue weighted by Gasteiger charge is -2.11. The van der Waals surface area contributed by atoms with Crippen molar-refractivity contribution < 1.29 is 8.78 Å². The number of aryl methyl sites for hydroxylation is 1. The SMILES string of the molecule is CCN(C)C=Nc1cc(C)cc(Cc2ccc(F)c(F)c2)c1Cl. The van der Waals surface area contributed by atoms with Gasteiger partial charge >= 0.3 is 0 Å². The van der Waals surface area contributed by atoms with Crippen molar-refractivity contribution >= 4 is 23.6 Å². The molecule has 2 rings (SSSR count). The second kappa shape index (κ2) is 7.55. The van der Waals surface area contributed by atoms with E-state index in [2.05, 4.69) is 4.99 Å². The summed E-state index contributed by atoms with van der Waals surface area (Å²) >= 11 is 6.43. The van der Waals surface area contributed by atoms with Crippen molar-refractivity contribution in [3.8, 4) is 0 Å². The summed E-state index contributed by atoms with van der Waals surface area (Å²) in [4.78, 5) is 6.34. The van der Waals surface area contributed by atoms with Gasteiger partial charge in [-0.1, -0.05) is 23.7 Å². The molecule has 0 heterocycles. The van der Waals surface area contributed by atoms with Crippen molar-refractivity contribution in [3.63, 3.8) is 0 Å². The number of nitrogens with zero attached hydrogens (tertiary/aromatic N) is 2. The molecule has 0 spiro atoms. The van der Waals surface area contributed by atoms with Gasteiger partial charge in [0.1, 0.15) is 0 Å². The molecule has 0 aliphatic carbocycles. The maximum absolute atomic E-state index is 13.4. The van der Waals surface area contributed by atoms with Gasteiger partial charge in [-0.3, -0.25) is 0 Å². The van der Waals surface area contributed by atoms with Crippen LogP contribution in [0.5, 0.6) is 0 Å². The van der Waals surface area contributed by atoms with E-state index in [9.17, 15) is 8.78 Å². The maximum atomic E-state index is 13.4. The predicted octanol–water partition coefficient (Wildman–Crippen LogP) is 5.13. The van der Waals surface area contributed by atoms with Crippen molar-refractivity contribution in [1.82, 2.24) is 4.90 Å². The lowest BCUT2D eigenvalue weighted by Crippen LogP contribution is -2.14. The van der Waals surface area contributed by atoms with E-state index in [1.165, 1.54) is 6.07 Å². The fourth-order valence-corrected chi connectivity index (χ4v) is 2.38. The molecule has 0 fully saturated rings. The first-order valence-electron chi connectivity index (χ1n) is 7.38. The Kier molecular flexibility index (Phi) is 5.72. The zero-order chi connectivity index (χ0) is 17.0. The van der Waals surface area contributed by atoms with Crippen LogP contribution in [0.4, 0.5) is 14.5 Å². The fraction of sp³-hybridized carbons (Fsp3) is 0.278. The first-order chi connectivity index (χ1) is 10.9. The molecule has 5 heteroatoms. The Hall–Kier alpha value is -1.94. The molecule has 0 aromatic heterocycles. The van der Waals surface area contributed by atoms with Gasteiger partial charge in [-0.15, -0.1) is 0 Å². The summed E-state index contributed by atoms with van der Waals surface area (Å²) in [6, 6.07) is 7.72. The number of benzene rings is 2. The number of hydrogen-bond acceptors (Lipinski definition) is 1. The van der Waals surface area contributed by atoms with Crippen LogP contribution in [0.2, 0.25) is 5.02 Å². The molecule has 122 valence electrons. The molecule has 0 atom stereocenters. The number of hydrogen-bond donors (Lipinski definition) is 0. The topological polar surface area (TPSA) is 15.6 Å². The third-order valence-corrected chi connectivity index (χ3v) is 3.98. The van der Waals surface area contributed by atoms with Gasteiger partial charge in [-0.05, 0) is 55.2 Å².